The van der Waals surface area contributed by atoms with Gasteiger partial charge in [-0.1, -0.05) is 60.2 Å². The first kappa shape index (κ1) is 29.8. The molecule has 0 aliphatic rings. The van der Waals surface area contributed by atoms with Crippen LogP contribution in [0.4, 0.5) is 4.79 Å². The molecule has 2 rings (SSSR count). The van der Waals surface area contributed by atoms with Crippen LogP contribution in [0.5, 0.6) is 0 Å². The Labute approximate surface area is 220 Å². The van der Waals surface area contributed by atoms with Crippen LogP contribution in [0.15, 0.2) is 54.6 Å². The van der Waals surface area contributed by atoms with Gasteiger partial charge in [-0.25, -0.2) is 4.79 Å². The fraction of sp³-hybridized carbons (Fsp3) is 0.483. The molecule has 0 fully saturated rings. The average molecular weight is 512 g/mol. The molecule has 37 heavy (non-hydrogen) atoms. The van der Waals surface area contributed by atoms with E-state index < -0.39 is 35.2 Å². The monoisotopic (exact) mass is 511 g/mol. The van der Waals surface area contributed by atoms with Gasteiger partial charge in [-0.05, 0) is 59.6 Å². The van der Waals surface area contributed by atoms with Crippen LogP contribution in [0.3, 0.4) is 0 Å². The summed E-state index contributed by atoms with van der Waals surface area (Å²) in [7, 11) is 0. The zero-order valence-corrected chi connectivity index (χ0v) is 23.0. The first-order valence-electron chi connectivity index (χ1n) is 12.5. The fourth-order valence-corrected chi connectivity index (χ4v) is 3.83. The van der Waals surface area contributed by atoms with E-state index in [-0.39, 0.29) is 25.5 Å². The van der Waals surface area contributed by atoms with Gasteiger partial charge in [0.25, 0.3) is 0 Å². The lowest BCUT2D eigenvalue weighted by Crippen LogP contribution is -2.55. The number of aliphatic hydroxyl groups excluding tert-OH is 1. The summed E-state index contributed by atoms with van der Waals surface area (Å²) in [5.41, 5.74) is 1.13. The predicted molar refractivity (Wildman–Crippen MR) is 144 cm³/mol. The van der Waals surface area contributed by atoms with E-state index in [1.54, 1.807) is 32.9 Å². The first-order valence-corrected chi connectivity index (χ1v) is 12.5. The van der Waals surface area contributed by atoms with Crippen molar-refractivity contribution < 1.29 is 24.2 Å². The van der Waals surface area contributed by atoms with Crippen molar-refractivity contribution in [1.29, 1.82) is 0 Å². The van der Waals surface area contributed by atoms with Gasteiger partial charge in [-0.2, -0.15) is 0 Å². The summed E-state index contributed by atoms with van der Waals surface area (Å²) in [6, 6.07) is 14.6. The highest BCUT2D eigenvalue weighted by Crippen LogP contribution is 2.24. The van der Waals surface area contributed by atoms with E-state index in [0.29, 0.717) is 5.56 Å². The molecule has 2 aromatic carbocycles. The molecule has 0 radical (unpaired) electrons. The maximum Gasteiger partial charge on any atom is 0.408 e. The summed E-state index contributed by atoms with van der Waals surface area (Å²) in [6.07, 6.45) is -0.556. The minimum absolute atomic E-state index is 0.101. The van der Waals surface area contributed by atoms with Crippen LogP contribution in [0.25, 0.3) is 0 Å². The minimum atomic E-state index is -1.03. The van der Waals surface area contributed by atoms with Gasteiger partial charge in [0.1, 0.15) is 17.7 Å². The number of carbonyl (C=O) groups excluding carboxylic acids is 3. The molecule has 3 N–H and O–H groups in total. The van der Waals surface area contributed by atoms with Gasteiger partial charge in [-0.3, -0.25) is 9.59 Å². The number of aryl methyl sites for hydroxylation is 1. The molecule has 8 heteroatoms. The van der Waals surface area contributed by atoms with Crippen LogP contribution in [0.2, 0.25) is 0 Å². The van der Waals surface area contributed by atoms with Crippen LogP contribution < -0.4 is 10.6 Å². The molecule has 2 unspecified atom stereocenters. The number of aliphatic hydroxyl groups is 1. The molecule has 202 valence electrons. The largest absolute Gasteiger partial charge is 0.444 e. The number of amides is 3. The van der Waals surface area contributed by atoms with Crippen molar-refractivity contribution in [2.24, 2.45) is 0 Å². The standard InChI is InChI=1S/C29H41N3O5/c1-20-13-15-22(16-14-20)24(25(34)31-28(2,3)4)32(17-18-33)26(35)23(19-21-11-9-8-10-12-21)30-27(36)37-29(5,6)7/h8-16,23-24,33H,17-19H2,1-7H3,(H,30,36)(H,31,34). The van der Waals surface area contributed by atoms with E-state index in [2.05, 4.69) is 10.6 Å². The maximum atomic E-state index is 14.1. The van der Waals surface area contributed by atoms with Crippen molar-refractivity contribution >= 4 is 17.9 Å². The van der Waals surface area contributed by atoms with Crippen molar-refractivity contribution in [3.05, 3.63) is 71.3 Å². The van der Waals surface area contributed by atoms with Gasteiger partial charge in [0.15, 0.2) is 0 Å². The molecule has 3 amide bonds. The number of hydrogen-bond acceptors (Lipinski definition) is 5. The topological polar surface area (TPSA) is 108 Å². The number of carbonyl (C=O) groups is 3. The Balaban J connectivity index is 2.51. The number of benzene rings is 2. The quantitative estimate of drug-likeness (QED) is 0.473. The number of alkyl carbamates (subject to hydrolysis) is 1. The summed E-state index contributed by atoms with van der Waals surface area (Å²) < 4.78 is 5.42. The lowest BCUT2D eigenvalue weighted by atomic mass is 9.98. The van der Waals surface area contributed by atoms with E-state index in [4.69, 9.17) is 4.74 Å². The Morgan fingerprint density at radius 2 is 1.54 bits per heavy atom. The summed E-state index contributed by atoms with van der Waals surface area (Å²) in [4.78, 5) is 41.7. The zero-order valence-electron chi connectivity index (χ0n) is 23.0. The average Bonchev–Trinajstić information content (AvgIpc) is 2.77. The van der Waals surface area contributed by atoms with E-state index in [0.717, 1.165) is 11.1 Å². The molecule has 0 spiro atoms. The molecule has 0 aromatic heterocycles. The Kier molecular flexibility index (Phi) is 10.3. The highest BCUT2D eigenvalue weighted by atomic mass is 16.6. The summed E-state index contributed by atoms with van der Waals surface area (Å²) in [6.45, 7) is 12.3. The highest BCUT2D eigenvalue weighted by Gasteiger charge is 2.37. The number of ether oxygens (including phenoxy) is 1. The van der Waals surface area contributed by atoms with Gasteiger partial charge >= 0.3 is 6.09 Å². The van der Waals surface area contributed by atoms with E-state index in [1.807, 2.05) is 70.2 Å². The van der Waals surface area contributed by atoms with Crippen molar-refractivity contribution in [3.63, 3.8) is 0 Å². The van der Waals surface area contributed by atoms with Crippen molar-refractivity contribution in [3.8, 4) is 0 Å². The van der Waals surface area contributed by atoms with Crippen molar-refractivity contribution in [1.82, 2.24) is 15.5 Å². The SMILES string of the molecule is Cc1ccc(C(C(=O)NC(C)(C)C)N(CCO)C(=O)C(Cc2ccccc2)NC(=O)OC(C)(C)C)cc1. The maximum absolute atomic E-state index is 14.1. The van der Waals surface area contributed by atoms with Crippen LogP contribution in [-0.4, -0.2) is 58.2 Å². The third kappa shape index (κ3) is 9.88. The van der Waals surface area contributed by atoms with Crippen LogP contribution in [0.1, 0.15) is 64.3 Å². The lowest BCUT2D eigenvalue weighted by molar-refractivity contribution is -0.143. The zero-order chi connectivity index (χ0) is 27.8. The third-order valence-corrected chi connectivity index (χ3v) is 5.35. The molecular formula is C29H41N3O5. The second-order valence-electron chi connectivity index (χ2n) is 11.2. The Morgan fingerprint density at radius 3 is 2.05 bits per heavy atom. The molecule has 0 saturated carbocycles. The van der Waals surface area contributed by atoms with E-state index in [1.165, 1.54) is 4.90 Å². The number of nitrogens with zero attached hydrogens (tertiary/aromatic N) is 1. The third-order valence-electron chi connectivity index (χ3n) is 5.35. The molecule has 0 aliphatic heterocycles. The summed E-state index contributed by atoms with van der Waals surface area (Å²) in [5, 5.41) is 15.6. The molecule has 0 aliphatic carbocycles. The first-order chi connectivity index (χ1) is 17.2. The Hall–Kier alpha value is -3.39. The molecule has 0 saturated heterocycles. The second-order valence-corrected chi connectivity index (χ2v) is 11.2. The molecule has 0 bridgehead atoms. The van der Waals surface area contributed by atoms with Gasteiger partial charge < -0.3 is 25.4 Å². The second kappa shape index (κ2) is 12.7. The summed E-state index contributed by atoms with van der Waals surface area (Å²) in [5.74, 6) is -0.882. The normalized spacial score (nSPS) is 13.3. The minimum Gasteiger partial charge on any atom is -0.444 e. The van der Waals surface area contributed by atoms with E-state index in [9.17, 15) is 19.5 Å². The highest BCUT2D eigenvalue weighted by molar-refractivity contribution is 5.92. The number of hydrogen-bond donors (Lipinski definition) is 3. The molecule has 2 atom stereocenters. The summed E-state index contributed by atoms with van der Waals surface area (Å²) >= 11 is 0. The van der Waals surface area contributed by atoms with Gasteiger partial charge in [0, 0.05) is 18.5 Å². The van der Waals surface area contributed by atoms with Crippen LogP contribution in [-0.2, 0) is 20.7 Å². The fourth-order valence-electron chi connectivity index (χ4n) is 3.83. The molecule has 2 aromatic rings. The van der Waals surface area contributed by atoms with Crippen LogP contribution >= 0.6 is 0 Å². The number of rotatable bonds is 9. The Morgan fingerprint density at radius 1 is 0.946 bits per heavy atom. The van der Waals surface area contributed by atoms with Crippen molar-refractivity contribution in [2.75, 3.05) is 13.2 Å². The van der Waals surface area contributed by atoms with E-state index >= 15 is 0 Å². The Bertz CT molecular complexity index is 1040. The van der Waals surface area contributed by atoms with Crippen molar-refractivity contribution in [2.45, 2.75) is 78.1 Å². The number of nitrogens with one attached hydrogen (secondary N) is 2. The predicted octanol–water partition coefficient (Wildman–Crippen LogP) is 3.91. The van der Waals surface area contributed by atoms with Gasteiger partial charge in [0.05, 0.1) is 6.61 Å². The van der Waals surface area contributed by atoms with Crippen LogP contribution in [0, 0.1) is 6.92 Å². The molecular weight excluding hydrogens is 470 g/mol. The smallest absolute Gasteiger partial charge is 0.408 e. The van der Waals surface area contributed by atoms with Gasteiger partial charge in [0.2, 0.25) is 11.8 Å². The lowest BCUT2D eigenvalue weighted by Gasteiger charge is -2.35. The molecule has 0 heterocycles. The van der Waals surface area contributed by atoms with Gasteiger partial charge in [-0.15, -0.1) is 0 Å². The molecule has 8 nitrogen and oxygen atoms in total.